The second-order valence-electron chi connectivity index (χ2n) is 5.55. The molecular formula is C17H18ClNO. The Morgan fingerprint density at radius 2 is 1.80 bits per heavy atom. The van der Waals surface area contributed by atoms with E-state index < -0.39 is 0 Å². The van der Waals surface area contributed by atoms with Crippen LogP contribution in [0.2, 0.25) is 5.02 Å². The second kappa shape index (κ2) is 5.12. The summed E-state index contributed by atoms with van der Waals surface area (Å²) in [7, 11) is 0. The zero-order valence-electron chi connectivity index (χ0n) is 11.7. The molecule has 2 N–H and O–H groups in total. The Hall–Kier alpha value is -1.51. The lowest BCUT2D eigenvalue weighted by Crippen LogP contribution is -2.24. The minimum absolute atomic E-state index is 0.0114. The molecule has 0 aromatic heterocycles. The number of hydrogen-bond acceptors (Lipinski definition) is 2. The first-order chi connectivity index (χ1) is 9.52. The van der Waals surface area contributed by atoms with Crippen molar-refractivity contribution in [3.8, 4) is 5.75 Å². The molecule has 1 heterocycles. The summed E-state index contributed by atoms with van der Waals surface area (Å²) < 4.78 is 6.11. The van der Waals surface area contributed by atoms with Gasteiger partial charge in [0.1, 0.15) is 11.9 Å². The molecule has 20 heavy (non-hydrogen) atoms. The molecule has 0 bridgehead atoms. The summed E-state index contributed by atoms with van der Waals surface area (Å²) in [6.45, 7) is 4.21. The molecule has 0 amide bonds. The topological polar surface area (TPSA) is 35.2 Å². The molecule has 0 saturated carbocycles. The lowest BCUT2D eigenvalue weighted by molar-refractivity contribution is 0.161. The summed E-state index contributed by atoms with van der Waals surface area (Å²) in [4.78, 5) is 0. The van der Waals surface area contributed by atoms with E-state index in [1.807, 2.05) is 18.2 Å². The first-order valence-corrected chi connectivity index (χ1v) is 7.20. The Morgan fingerprint density at radius 1 is 1.10 bits per heavy atom. The van der Waals surface area contributed by atoms with Crippen LogP contribution in [0.25, 0.3) is 0 Å². The third kappa shape index (κ3) is 2.54. The summed E-state index contributed by atoms with van der Waals surface area (Å²) >= 11 is 6.03. The van der Waals surface area contributed by atoms with Crippen molar-refractivity contribution in [2.24, 2.45) is 5.73 Å². The normalized spacial score (nSPS) is 21.2. The Bertz CT molecular complexity index is 633. The maximum Gasteiger partial charge on any atom is 0.126 e. The van der Waals surface area contributed by atoms with Crippen LogP contribution < -0.4 is 10.5 Å². The van der Waals surface area contributed by atoms with E-state index in [9.17, 15) is 0 Å². The zero-order valence-corrected chi connectivity index (χ0v) is 12.4. The first kappa shape index (κ1) is 13.5. The van der Waals surface area contributed by atoms with Crippen molar-refractivity contribution in [2.75, 3.05) is 0 Å². The number of hydrogen-bond donors (Lipinski definition) is 1. The first-order valence-electron chi connectivity index (χ1n) is 6.83. The highest BCUT2D eigenvalue weighted by atomic mass is 35.5. The van der Waals surface area contributed by atoms with Gasteiger partial charge in [0.25, 0.3) is 0 Å². The molecule has 0 spiro atoms. The van der Waals surface area contributed by atoms with Gasteiger partial charge in [-0.15, -0.1) is 0 Å². The van der Waals surface area contributed by atoms with Crippen molar-refractivity contribution in [3.63, 3.8) is 0 Å². The van der Waals surface area contributed by atoms with Gasteiger partial charge in [-0.25, -0.2) is 0 Å². The van der Waals surface area contributed by atoms with E-state index >= 15 is 0 Å². The van der Waals surface area contributed by atoms with E-state index in [0.29, 0.717) is 5.02 Å². The Balaban J connectivity index is 1.96. The van der Waals surface area contributed by atoms with Crippen molar-refractivity contribution < 1.29 is 4.74 Å². The van der Waals surface area contributed by atoms with E-state index in [0.717, 1.165) is 17.7 Å². The summed E-state index contributed by atoms with van der Waals surface area (Å²) in [6.07, 6.45) is 0.785. The van der Waals surface area contributed by atoms with Crippen LogP contribution in [0, 0.1) is 13.8 Å². The lowest BCUT2D eigenvalue weighted by Gasteiger charge is -2.31. The third-order valence-electron chi connectivity index (χ3n) is 3.72. The minimum Gasteiger partial charge on any atom is -0.485 e. The molecule has 3 heteroatoms. The van der Waals surface area contributed by atoms with Gasteiger partial charge in [0.15, 0.2) is 0 Å². The van der Waals surface area contributed by atoms with Crippen LogP contribution in [0.5, 0.6) is 5.75 Å². The van der Waals surface area contributed by atoms with Crippen molar-refractivity contribution in [3.05, 3.63) is 63.7 Å². The van der Waals surface area contributed by atoms with Crippen molar-refractivity contribution in [2.45, 2.75) is 32.4 Å². The average molecular weight is 288 g/mol. The van der Waals surface area contributed by atoms with Crippen LogP contribution in [-0.4, -0.2) is 0 Å². The molecule has 0 fully saturated rings. The lowest BCUT2D eigenvalue weighted by atomic mass is 9.92. The quantitative estimate of drug-likeness (QED) is 0.839. The van der Waals surface area contributed by atoms with E-state index in [2.05, 4.69) is 32.0 Å². The van der Waals surface area contributed by atoms with Gasteiger partial charge in [-0.3, -0.25) is 0 Å². The molecule has 2 aromatic rings. The Kier molecular flexibility index (Phi) is 3.45. The summed E-state index contributed by atoms with van der Waals surface area (Å²) in [5.74, 6) is 0.845. The number of fused-ring (bicyclic) bond motifs is 1. The number of nitrogens with two attached hydrogens (primary N) is 1. The van der Waals surface area contributed by atoms with Crippen molar-refractivity contribution >= 4 is 11.6 Å². The Labute approximate surface area is 124 Å². The van der Waals surface area contributed by atoms with E-state index in [1.54, 1.807) is 0 Å². The average Bonchev–Trinajstić information content (AvgIpc) is 2.38. The molecule has 1 aliphatic heterocycles. The van der Waals surface area contributed by atoms with Gasteiger partial charge in [0.05, 0.1) is 0 Å². The van der Waals surface area contributed by atoms with Crippen molar-refractivity contribution in [1.82, 2.24) is 0 Å². The van der Waals surface area contributed by atoms with Crippen molar-refractivity contribution in [1.29, 1.82) is 0 Å². The highest BCUT2D eigenvalue weighted by Crippen LogP contribution is 2.40. The standard InChI is InChI=1S/C17H18ClNO/c1-10-5-11(2)7-12(6-10)17-9-15(19)14-8-13(18)3-4-16(14)20-17/h3-8,15,17H,9,19H2,1-2H3. The largest absolute Gasteiger partial charge is 0.485 e. The number of ether oxygens (including phenoxy) is 1. The molecule has 2 nitrogen and oxygen atoms in total. The maximum atomic E-state index is 6.28. The fraction of sp³-hybridized carbons (Fsp3) is 0.294. The fourth-order valence-electron chi connectivity index (χ4n) is 2.88. The third-order valence-corrected chi connectivity index (χ3v) is 3.96. The number of rotatable bonds is 1. The number of benzene rings is 2. The van der Waals surface area contributed by atoms with Gasteiger partial charge in [0, 0.05) is 23.0 Å². The SMILES string of the molecule is Cc1cc(C)cc(C2CC(N)c3cc(Cl)ccc3O2)c1. The van der Waals surface area contributed by atoms with Gasteiger partial charge in [-0.05, 0) is 37.6 Å². The molecule has 2 atom stereocenters. The monoisotopic (exact) mass is 287 g/mol. The van der Waals surface area contributed by atoms with Crippen LogP contribution in [0.3, 0.4) is 0 Å². The molecule has 104 valence electrons. The molecular weight excluding hydrogens is 270 g/mol. The molecule has 2 unspecified atom stereocenters. The fourth-order valence-corrected chi connectivity index (χ4v) is 3.06. The summed E-state index contributed by atoms with van der Waals surface area (Å²) in [5, 5.41) is 0.702. The van der Waals surface area contributed by atoms with Gasteiger partial charge in [0.2, 0.25) is 0 Å². The Morgan fingerprint density at radius 3 is 2.50 bits per heavy atom. The van der Waals surface area contributed by atoms with Crippen LogP contribution >= 0.6 is 11.6 Å². The molecule has 0 radical (unpaired) electrons. The molecule has 1 aliphatic rings. The minimum atomic E-state index is -0.0386. The van der Waals surface area contributed by atoms with Crippen LogP contribution in [-0.2, 0) is 0 Å². The predicted octanol–water partition coefficient (Wildman–Crippen LogP) is 4.48. The van der Waals surface area contributed by atoms with Crippen LogP contribution in [0.15, 0.2) is 36.4 Å². The molecule has 2 aromatic carbocycles. The van der Waals surface area contributed by atoms with Gasteiger partial charge in [-0.1, -0.05) is 40.9 Å². The number of aryl methyl sites for hydroxylation is 2. The molecule has 3 rings (SSSR count). The van der Waals surface area contributed by atoms with Gasteiger partial charge in [-0.2, -0.15) is 0 Å². The summed E-state index contributed by atoms with van der Waals surface area (Å²) in [6, 6.07) is 12.1. The predicted molar refractivity (Wildman–Crippen MR) is 82.3 cm³/mol. The van der Waals surface area contributed by atoms with E-state index in [-0.39, 0.29) is 12.1 Å². The highest BCUT2D eigenvalue weighted by Gasteiger charge is 2.27. The second-order valence-corrected chi connectivity index (χ2v) is 5.99. The van der Waals surface area contributed by atoms with Gasteiger partial charge < -0.3 is 10.5 Å². The van der Waals surface area contributed by atoms with Crippen LogP contribution in [0.4, 0.5) is 0 Å². The molecule has 0 saturated heterocycles. The zero-order chi connectivity index (χ0) is 14.3. The van der Waals surface area contributed by atoms with Crippen LogP contribution in [0.1, 0.15) is 40.8 Å². The summed E-state index contributed by atoms with van der Waals surface area (Å²) in [5.41, 5.74) is 11.0. The van der Waals surface area contributed by atoms with E-state index in [4.69, 9.17) is 22.1 Å². The van der Waals surface area contributed by atoms with E-state index in [1.165, 1.54) is 16.7 Å². The highest BCUT2D eigenvalue weighted by molar-refractivity contribution is 6.30. The molecule has 0 aliphatic carbocycles. The number of halogens is 1. The smallest absolute Gasteiger partial charge is 0.126 e. The van der Waals surface area contributed by atoms with Gasteiger partial charge >= 0.3 is 0 Å². The maximum absolute atomic E-state index is 6.28.